The van der Waals surface area contributed by atoms with Crippen LogP contribution in [0.3, 0.4) is 0 Å². The summed E-state index contributed by atoms with van der Waals surface area (Å²) in [5.41, 5.74) is 0. The Morgan fingerprint density at radius 1 is 0.329 bits per heavy atom. The molecule has 85 heavy (non-hydrogen) atoms. The number of carbonyl (C=O) groups excluding carboxylic acids is 2. The highest BCUT2D eigenvalue weighted by Crippen LogP contribution is 2.19. The Balaban J connectivity index is 3.41. The van der Waals surface area contributed by atoms with E-state index in [9.17, 15) is 19.8 Å². The van der Waals surface area contributed by atoms with Crippen molar-refractivity contribution in [1.82, 2.24) is 5.32 Å². The summed E-state index contributed by atoms with van der Waals surface area (Å²) in [6.07, 6.45) is 96.5. The monoisotopic (exact) mass is 1190 g/mol. The molecule has 6 nitrogen and oxygen atoms in total. The van der Waals surface area contributed by atoms with Crippen LogP contribution in [-0.2, 0) is 14.3 Å². The summed E-state index contributed by atoms with van der Waals surface area (Å²) < 4.78 is 5.49. The van der Waals surface area contributed by atoms with Gasteiger partial charge in [0.15, 0.2) is 0 Å². The second-order valence-corrected chi connectivity index (χ2v) is 26.7. The van der Waals surface area contributed by atoms with E-state index in [1.165, 1.54) is 347 Å². The fraction of sp³-hybridized carbons (Fsp3) is 0.899. The van der Waals surface area contributed by atoms with Gasteiger partial charge in [0.1, 0.15) is 0 Å². The minimum absolute atomic E-state index is 0.00412. The Labute approximate surface area is 532 Å². The topological polar surface area (TPSA) is 95.9 Å². The molecule has 6 heteroatoms. The maximum atomic E-state index is 12.6. The van der Waals surface area contributed by atoms with Crippen molar-refractivity contribution in [1.29, 1.82) is 0 Å². The second kappa shape index (κ2) is 74.5. The molecule has 0 rings (SSSR count). The highest BCUT2D eigenvalue weighted by molar-refractivity contribution is 5.76. The van der Waals surface area contributed by atoms with Gasteiger partial charge in [0.25, 0.3) is 0 Å². The number of hydrogen-bond donors (Lipinski definition) is 3. The number of allylic oxidation sites excluding steroid dienone is 6. The Morgan fingerprint density at radius 2 is 0.588 bits per heavy atom. The average molecular weight is 1200 g/mol. The Hall–Kier alpha value is -1.92. The first kappa shape index (κ1) is 83.1. The van der Waals surface area contributed by atoms with Crippen LogP contribution < -0.4 is 5.32 Å². The number of ether oxygens (including phenoxy) is 1. The van der Waals surface area contributed by atoms with Crippen LogP contribution in [0.5, 0.6) is 0 Å². The number of unbranched alkanes of at least 4 members (excludes halogenated alkanes) is 56. The van der Waals surface area contributed by atoms with E-state index in [0.29, 0.717) is 25.9 Å². The van der Waals surface area contributed by atoms with Gasteiger partial charge in [0.2, 0.25) is 5.91 Å². The summed E-state index contributed by atoms with van der Waals surface area (Å²) in [7, 11) is 0. The van der Waals surface area contributed by atoms with Crippen molar-refractivity contribution in [2.24, 2.45) is 0 Å². The van der Waals surface area contributed by atoms with E-state index in [4.69, 9.17) is 4.74 Å². The number of nitrogens with one attached hydrogen (secondary N) is 1. The lowest BCUT2D eigenvalue weighted by Crippen LogP contribution is -2.45. The minimum Gasteiger partial charge on any atom is -0.466 e. The lowest BCUT2D eigenvalue weighted by Gasteiger charge is -2.22. The van der Waals surface area contributed by atoms with Crippen LogP contribution in [-0.4, -0.2) is 47.4 Å². The van der Waals surface area contributed by atoms with E-state index in [0.717, 1.165) is 51.4 Å². The fourth-order valence-corrected chi connectivity index (χ4v) is 12.3. The number of aliphatic hydroxyl groups is 2. The number of aliphatic hydroxyl groups excluding tert-OH is 2. The molecule has 0 heterocycles. The molecule has 0 bridgehead atoms. The van der Waals surface area contributed by atoms with E-state index in [1.54, 1.807) is 0 Å². The fourth-order valence-electron chi connectivity index (χ4n) is 12.3. The molecule has 3 N–H and O–H groups in total. The molecule has 0 aliphatic rings. The summed E-state index contributed by atoms with van der Waals surface area (Å²) in [5.74, 6) is -0.0291. The number of rotatable bonds is 73. The number of amides is 1. The molecular weight excluding hydrogens is 1040 g/mol. The summed E-state index contributed by atoms with van der Waals surface area (Å²) in [4.78, 5) is 24.7. The molecule has 0 saturated carbocycles. The lowest BCUT2D eigenvalue weighted by atomic mass is 10.0. The van der Waals surface area contributed by atoms with E-state index < -0.39 is 12.1 Å². The van der Waals surface area contributed by atoms with Crippen LogP contribution in [0.25, 0.3) is 0 Å². The molecule has 2 unspecified atom stereocenters. The predicted molar refractivity (Wildman–Crippen MR) is 375 cm³/mol. The quantitative estimate of drug-likeness (QED) is 0.0320. The predicted octanol–water partition coefficient (Wildman–Crippen LogP) is 25.4. The van der Waals surface area contributed by atoms with Crippen LogP contribution in [0.1, 0.15) is 431 Å². The van der Waals surface area contributed by atoms with Crippen molar-refractivity contribution in [3.05, 3.63) is 36.5 Å². The van der Waals surface area contributed by atoms with Gasteiger partial charge in [-0.3, -0.25) is 9.59 Å². The minimum atomic E-state index is -0.669. The van der Waals surface area contributed by atoms with Crippen molar-refractivity contribution in [3.63, 3.8) is 0 Å². The maximum absolute atomic E-state index is 12.6. The van der Waals surface area contributed by atoms with Crippen molar-refractivity contribution >= 4 is 11.9 Å². The van der Waals surface area contributed by atoms with E-state index >= 15 is 0 Å². The molecule has 0 aliphatic carbocycles. The number of esters is 1. The van der Waals surface area contributed by atoms with Crippen LogP contribution in [0.4, 0.5) is 0 Å². The Morgan fingerprint density at radius 3 is 0.906 bits per heavy atom. The summed E-state index contributed by atoms with van der Waals surface area (Å²) in [5, 5.41) is 23.5. The van der Waals surface area contributed by atoms with E-state index in [1.807, 2.05) is 0 Å². The van der Waals surface area contributed by atoms with E-state index in [-0.39, 0.29) is 18.5 Å². The van der Waals surface area contributed by atoms with Gasteiger partial charge in [-0.05, 0) is 83.5 Å². The molecule has 1 amide bonds. The highest BCUT2D eigenvalue weighted by Gasteiger charge is 2.20. The van der Waals surface area contributed by atoms with Gasteiger partial charge in [-0.15, -0.1) is 0 Å². The van der Waals surface area contributed by atoms with Gasteiger partial charge in [0, 0.05) is 12.8 Å². The largest absolute Gasteiger partial charge is 0.466 e. The Bertz CT molecular complexity index is 1380. The van der Waals surface area contributed by atoms with Crippen LogP contribution in [0.2, 0.25) is 0 Å². The molecule has 0 aromatic heterocycles. The zero-order valence-corrected chi connectivity index (χ0v) is 57.6. The molecular formula is C79H151NO5. The lowest BCUT2D eigenvalue weighted by molar-refractivity contribution is -0.143. The van der Waals surface area contributed by atoms with Crippen LogP contribution in [0, 0.1) is 0 Å². The SMILES string of the molecule is CCCCCCCCC/C=C\CCCCCCCC(=O)OCCCCCCCCCCC/C=C\C/C=C\CCCCCCCCCCCCCC(=O)NC(CO)C(O)CCCCCCCCCCCCCCCCCCCCCCCCCCC. The molecule has 0 aromatic carbocycles. The molecule has 502 valence electrons. The van der Waals surface area contributed by atoms with Crippen LogP contribution in [0.15, 0.2) is 36.5 Å². The third kappa shape index (κ3) is 71.0. The molecule has 0 aromatic rings. The summed E-state index contributed by atoms with van der Waals surface area (Å²) >= 11 is 0. The van der Waals surface area contributed by atoms with Gasteiger partial charge >= 0.3 is 5.97 Å². The van der Waals surface area contributed by atoms with Crippen molar-refractivity contribution < 1.29 is 24.5 Å². The molecule has 0 fully saturated rings. The summed E-state index contributed by atoms with van der Waals surface area (Å²) in [6.45, 7) is 4.99. The maximum Gasteiger partial charge on any atom is 0.305 e. The van der Waals surface area contributed by atoms with Crippen molar-refractivity contribution in [3.8, 4) is 0 Å². The molecule has 0 spiro atoms. The van der Waals surface area contributed by atoms with Crippen molar-refractivity contribution in [2.75, 3.05) is 13.2 Å². The average Bonchev–Trinajstić information content (AvgIpc) is 3.51. The Kier molecular flexibility index (Phi) is 72.9. The van der Waals surface area contributed by atoms with Gasteiger partial charge < -0.3 is 20.3 Å². The number of hydrogen-bond acceptors (Lipinski definition) is 5. The zero-order valence-electron chi connectivity index (χ0n) is 57.6. The third-order valence-electron chi connectivity index (χ3n) is 18.2. The smallest absolute Gasteiger partial charge is 0.305 e. The van der Waals surface area contributed by atoms with Gasteiger partial charge in [-0.1, -0.05) is 371 Å². The molecule has 0 aliphatic heterocycles. The van der Waals surface area contributed by atoms with Gasteiger partial charge in [-0.25, -0.2) is 0 Å². The zero-order chi connectivity index (χ0) is 61.3. The molecule has 0 saturated heterocycles. The van der Waals surface area contributed by atoms with Gasteiger partial charge in [0.05, 0.1) is 25.4 Å². The summed E-state index contributed by atoms with van der Waals surface area (Å²) in [6, 6.07) is -0.546. The first-order chi connectivity index (χ1) is 42.0. The third-order valence-corrected chi connectivity index (χ3v) is 18.2. The van der Waals surface area contributed by atoms with Crippen molar-refractivity contribution in [2.45, 2.75) is 443 Å². The highest BCUT2D eigenvalue weighted by atomic mass is 16.5. The van der Waals surface area contributed by atoms with E-state index in [2.05, 4.69) is 55.6 Å². The first-order valence-corrected chi connectivity index (χ1v) is 38.7. The first-order valence-electron chi connectivity index (χ1n) is 38.7. The molecule has 0 radical (unpaired) electrons. The molecule has 2 atom stereocenters. The normalized spacial score (nSPS) is 12.7. The van der Waals surface area contributed by atoms with Gasteiger partial charge in [-0.2, -0.15) is 0 Å². The second-order valence-electron chi connectivity index (χ2n) is 26.7. The number of carbonyl (C=O) groups is 2. The standard InChI is InChI=1S/C79H151NO5/c1-3-5-7-9-11-13-15-17-19-21-22-23-24-28-31-34-37-40-43-47-51-55-59-63-67-71-77(82)76(75-81)80-78(83)72-68-64-60-56-52-48-44-41-38-35-32-29-26-25-27-30-33-36-39-42-46-50-54-58-62-66-70-74-85-79(84)73-69-65-61-57-53-49-45-20-18-16-14-12-10-8-6-4-2/h20,25-26,30,33,45,76-77,81-82H,3-19,21-24,27-29,31-32,34-44,46-75H2,1-2H3,(H,80,83)/b26-25-,33-30-,45-20-. The van der Waals surface area contributed by atoms with Crippen LogP contribution >= 0.6 is 0 Å².